The molecule has 1 aromatic heterocycles. The number of hydrogen-bond acceptors (Lipinski definition) is 3. The summed E-state index contributed by atoms with van der Waals surface area (Å²) in [6.45, 7) is 3.99. The molecule has 0 bridgehead atoms. The van der Waals surface area contributed by atoms with Crippen LogP contribution in [0.2, 0.25) is 0 Å². The van der Waals surface area contributed by atoms with Gasteiger partial charge in [-0.1, -0.05) is 13.8 Å². The molecule has 1 heterocycles. The van der Waals surface area contributed by atoms with Crippen molar-refractivity contribution in [2.24, 2.45) is 0 Å². The molecule has 7 heteroatoms. The molecule has 7 nitrogen and oxygen atoms in total. The van der Waals surface area contributed by atoms with Gasteiger partial charge in [0.1, 0.15) is 6.04 Å². The van der Waals surface area contributed by atoms with Crippen molar-refractivity contribution in [1.29, 1.82) is 0 Å². The molecule has 2 amide bonds. The minimum atomic E-state index is -1.06. The second kappa shape index (κ2) is 7.52. The molecule has 1 unspecified atom stereocenters. The van der Waals surface area contributed by atoms with Gasteiger partial charge in [0, 0.05) is 31.4 Å². The molecule has 3 N–H and O–H groups in total. The van der Waals surface area contributed by atoms with E-state index in [0.717, 1.165) is 12.8 Å². The second-order valence-corrected chi connectivity index (χ2v) is 4.70. The largest absolute Gasteiger partial charge is 0.480 e. The van der Waals surface area contributed by atoms with E-state index >= 15 is 0 Å². The maximum atomic E-state index is 12.1. The van der Waals surface area contributed by atoms with E-state index in [-0.39, 0.29) is 18.5 Å². The first-order chi connectivity index (χ1) is 9.49. The molecule has 112 valence electrons. The lowest BCUT2D eigenvalue weighted by molar-refractivity contribution is -0.139. The van der Waals surface area contributed by atoms with E-state index in [1.165, 1.54) is 6.33 Å². The van der Waals surface area contributed by atoms with Gasteiger partial charge in [0.05, 0.1) is 6.33 Å². The maximum Gasteiger partial charge on any atom is 0.326 e. The van der Waals surface area contributed by atoms with Gasteiger partial charge in [0.25, 0.3) is 0 Å². The zero-order chi connectivity index (χ0) is 15.1. The van der Waals surface area contributed by atoms with Crippen molar-refractivity contribution in [2.75, 3.05) is 7.05 Å². The van der Waals surface area contributed by atoms with Gasteiger partial charge in [-0.05, 0) is 12.8 Å². The highest BCUT2D eigenvalue weighted by Crippen LogP contribution is 2.07. The molecule has 1 aromatic rings. The van der Waals surface area contributed by atoms with E-state index < -0.39 is 12.0 Å². The van der Waals surface area contributed by atoms with E-state index in [9.17, 15) is 14.7 Å². The SMILES string of the molecule is CCC(CC)N(C)C(=O)NC(Cc1cnc[nH]1)C(=O)O. The first-order valence-corrected chi connectivity index (χ1v) is 6.72. The van der Waals surface area contributed by atoms with E-state index in [4.69, 9.17) is 0 Å². The molecule has 0 radical (unpaired) electrons. The smallest absolute Gasteiger partial charge is 0.326 e. The third-order valence-corrected chi connectivity index (χ3v) is 3.39. The second-order valence-electron chi connectivity index (χ2n) is 4.70. The average Bonchev–Trinajstić information content (AvgIpc) is 2.91. The minimum absolute atomic E-state index is 0.108. The van der Waals surface area contributed by atoms with Crippen molar-refractivity contribution in [1.82, 2.24) is 20.2 Å². The molecule has 1 atom stereocenters. The van der Waals surface area contributed by atoms with E-state index in [0.29, 0.717) is 5.69 Å². The topological polar surface area (TPSA) is 98.3 Å². The number of carboxylic acid groups (broad SMARTS) is 1. The number of aromatic amines is 1. The van der Waals surface area contributed by atoms with Crippen molar-refractivity contribution in [3.8, 4) is 0 Å². The van der Waals surface area contributed by atoms with Crippen LogP contribution in [0.4, 0.5) is 4.79 Å². The fourth-order valence-corrected chi connectivity index (χ4v) is 2.07. The molecular formula is C13H22N4O3. The molecule has 20 heavy (non-hydrogen) atoms. The highest BCUT2D eigenvalue weighted by Gasteiger charge is 2.24. The standard InChI is InChI=1S/C13H22N4O3/c1-4-10(5-2)17(3)13(20)16-11(12(18)19)6-9-7-14-8-15-9/h7-8,10-11H,4-6H2,1-3H3,(H,14,15)(H,16,20)(H,18,19). The number of amides is 2. The molecule has 0 aliphatic rings. The van der Waals surface area contributed by atoms with Gasteiger partial charge >= 0.3 is 12.0 Å². The number of imidazole rings is 1. The number of H-pyrrole nitrogens is 1. The fraction of sp³-hybridized carbons (Fsp3) is 0.615. The van der Waals surface area contributed by atoms with Crippen LogP contribution in [-0.4, -0.2) is 51.1 Å². The summed E-state index contributed by atoms with van der Waals surface area (Å²) in [4.78, 5) is 31.5. The number of urea groups is 1. The van der Waals surface area contributed by atoms with Crippen LogP contribution in [-0.2, 0) is 11.2 Å². The third-order valence-electron chi connectivity index (χ3n) is 3.39. The number of nitrogens with zero attached hydrogens (tertiary/aromatic N) is 2. The first kappa shape index (κ1) is 16.0. The molecule has 0 saturated heterocycles. The first-order valence-electron chi connectivity index (χ1n) is 6.72. The monoisotopic (exact) mass is 282 g/mol. The van der Waals surface area contributed by atoms with E-state index in [1.54, 1.807) is 18.1 Å². The van der Waals surface area contributed by atoms with Crippen LogP contribution in [0.1, 0.15) is 32.4 Å². The number of carboxylic acids is 1. The number of nitrogens with one attached hydrogen (secondary N) is 2. The molecule has 0 spiro atoms. The number of hydrogen-bond donors (Lipinski definition) is 3. The van der Waals surface area contributed by atoms with Crippen LogP contribution in [0.25, 0.3) is 0 Å². The van der Waals surface area contributed by atoms with E-state index in [1.807, 2.05) is 13.8 Å². The molecule has 0 saturated carbocycles. The van der Waals surface area contributed by atoms with Gasteiger partial charge in [-0.25, -0.2) is 14.6 Å². The third kappa shape index (κ3) is 4.25. The van der Waals surface area contributed by atoms with Gasteiger partial charge in [-0.2, -0.15) is 0 Å². The number of carbonyl (C=O) groups excluding carboxylic acids is 1. The Labute approximate surface area is 118 Å². The van der Waals surface area contributed by atoms with Crippen LogP contribution >= 0.6 is 0 Å². The highest BCUT2D eigenvalue weighted by molar-refractivity contribution is 5.82. The normalized spacial score (nSPS) is 12.2. The summed E-state index contributed by atoms with van der Waals surface area (Å²) in [5, 5.41) is 11.7. The Morgan fingerprint density at radius 1 is 1.45 bits per heavy atom. The van der Waals surface area contributed by atoms with Crippen LogP contribution in [0.5, 0.6) is 0 Å². The Morgan fingerprint density at radius 2 is 2.10 bits per heavy atom. The van der Waals surface area contributed by atoms with E-state index in [2.05, 4.69) is 15.3 Å². The van der Waals surface area contributed by atoms with Crippen molar-refractivity contribution >= 4 is 12.0 Å². The lowest BCUT2D eigenvalue weighted by Crippen LogP contribution is -2.50. The van der Waals surface area contributed by atoms with Crippen molar-refractivity contribution < 1.29 is 14.7 Å². The summed E-state index contributed by atoms with van der Waals surface area (Å²) in [6.07, 6.45) is 4.87. The molecule has 0 aliphatic carbocycles. The highest BCUT2D eigenvalue weighted by atomic mass is 16.4. The summed E-state index contributed by atoms with van der Waals surface area (Å²) in [5.74, 6) is -1.06. The predicted molar refractivity (Wildman–Crippen MR) is 74.4 cm³/mol. The Bertz CT molecular complexity index is 429. The summed E-state index contributed by atoms with van der Waals surface area (Å²) in [6, 6.07) is -1.23. The van der Waals surface area contributed by atoms with Crippen molar-refractivity contribution in [3.63, 3.8) is 0 Å². The Hall–Kier alpha value is -2.05. The Balaban J connectivity index is 2.65. The van der Waals surface area contributed by atoms with Gasteiger partial charge < -0.3 is 20.3 Å². The van der Waals surface area contributed by atoms with Crippen molar-refractivity contribution in [3.05, 3.63) is 18.2 Å². The zero-order valence-electron chi connectivity index (χ0n) is 12.1. The van der Waals surface area contributed by atoms with Gasteiger partial charge in [0.15, 0.2) is 0 Å². The fourth-order valence-electron chi connectivity index (χ4n) is 2.07. The van der Waals surface area contributed by atoms with Crippen LogP contribution in [0.3, 0.4) is 0 Å². The van der Waals surface area contributed by atoms with Gasteiger partial charge in [-0.15, -0.1) is 0 Å². The zero-order valence-corrected chi connectivity index (χ0v) is 12.1. The molecule has 0 fully saturated rings. The molecule has 0 aromatic carbocycles. The van der Waals surface area contributed by atoms with Gasteiger partial charge in [0.2, 0.25) is 0 Å². The quantitative estimate of drug-likeness (QED) is 0.700. The summed E-state index contributed by atoms with van der Waals surface area (Å²) in [7, 11) is 1.68. The lowest BCUT2D eigenvalue weighted by atomic mass is 10.1. The molecular weight excluding hydrogens is 260 g/mol. The summed E-state index contributed by atoms with van der Waals surface area (Å²) >= 11 is 0. The lowest BCUT2D eigenvalue weighted by Gasteiger charge is -2.28. The summed E-state index contributed by atoms with van der Waals surface area (Å²) in [5.41, 5.74) is 0.669. The Morgan fingerprint density at radius 3 is 2.55 bits per heavy atom. The Kier molecular flexibility index (Phi) is 6.02. The molecule has 1 rings (SSSR count). The van der Waals surface area contributed by atoms with Crippen LogP contribution in [0.15, 0.2) is 12.5 Å². The van der Waals surface area contributed by atoms with Crippen molar-refractivity contribution in [2.45, 2.75) is 45.2 Å². The molecule has 0 aliphatic heterocycles. The number of aromatic nitrogens is 2. The average molecular weight is 282 g/mol. The number of aliphatic carboxylic acids is 1. The predicted octanol–water partition coefficient (Wildman–Crippen LogP) is 1.24. The minimum Gasteiger partial charge on any atom is -0.480 e. The number of rotatable bonds is 7. The number of carbonyl (C=O) groups is 2. The summed E-state index contributed by atoms with van der Waals surface area (Å²) < 4.78 is 0. The van der Waals surface area contributed by atoms with Crippen LogP contribution in [0, 0.1) is 0 Å². The maximum absolute atomic E-state index is 12.1. The van der Waals surface area contributed by atoms with Crippen LogP contribution < -0.4 is 5.32 Å². The van der Waals surface area contributed by atoms with Gasteiger partial charge in [-0.3, -0.25) is 0 Å².